The summed E-state index contributed by atoms with van der Waals surface area (Å²) in [7, 11) is 0. The van der Waals surface area contributed by atoms with Gasteiger partial charge in [0.15, 0.2) is 11.6 Å². The van der Waals surface area contributed by atoms with Gasteiger partial charge < -0.3 is 0 Å². The van der Waals surface area contributed by atoms with Gasteiger partial charge in [0.2, 0.25) is 0 Å². The Balaban J connectivity index is 2.05. The monoisotopic (exact) mass is 263 g/mol. The van der Waals surface area contributed by atoms with Crippen LogP contribution in [0.2, 0.25) is 0 Å². The van der Waals surface area contributed by atoms with Crippen LogP contribution in [0.3, 0.4) is 0 Å². The molecule has 0 unspecified atom stereocenters. The van der Waals surface area contributed by atoms with Crippen molar-refractivity contribution < 1.29 is 4.79 Å². The molecule has 0 amide bonds. The zero-order chi connectivity index (χ0) is 13.9. The van der Waals surface area contributed by atoms with E-state index < -0.39 is 0 Å². The average Bonchev–Trinajstić information content (AvgIpc) is 2.98. The summed E-state index contributed by atoms with van der Waals surface area (Å²) >= 11 is 0. The lowest BCUT2D eigenvalue weighted by Crippen LogP contribution is -2.05. The minimum absolute atomic E-state index is 0.0233. The van der Waals surface area contributed by atoms with Crippen LogP contribution in [0.1, 0.15) is 17.3 Å². The molecule has 0 bridgehead atoms. The molecule has 0 radical (unpaired) electrons. The largest absolute Gasteiger partial charge is 0.294 e. The summed E-state index contributed by atoms with van der Waals surface area (Å²) in [6.07, 6.45) is 5.31. The molecule has 2 heterocycles. The number of ketones is 1. The Morgan fingerprint density at radius 2 is 1.85 bits per heavy atom. The molecule has 4 nitrogen and oxygen atoms in total. The van der Waals surface area contributed by atoms with Gasteiger partial charge in [-0.05, 0) is 24.6 Å². The van der Waals surface area contributed by atoms with Crippen LogP contribution >= 0.6 is 0 Å². The third-order valence-electron chi connectivity index (χ3n) is 3.07. The van der Waals surface area contributed by atoms with Gasteiger partial charge in [0.05, 0.1) is 11.8 Å². The summed E-state index contributed by atoms with van der Waals surface area (Å²) < 4.78 is 1.64. The Hall–Kier alpha value is -2.75. The molecule has 0 aliphatic rings. The van der Waals surface area contributed by atoms with E-state index in [0.29, 0.717) is 11.4 Å². The van der Waals surface area contributed by atoms with Crippen molar-refractivity contribution in [1.82, 2.24) is 14.8 Å². The van der Waals surface area contributed by atoms with E-state index >= 15 is 0 Å². The number of aromatic nitrogens is 3. The predicted octanol–water partition coefficient (Wildman–Crippen LogP) is 3.14. The number of Topliss-reactive ketones (excluding diaryl/α,β-unsaturated/α-hetero) is 1. The Kier molecular flexibility index (Phi) is 3.13. The van der Waals surface area contributed by atoms with E-state index in [-0.39, 0.29) is 5.78 Å². The van der Waals surface area contributed by atoms with Crippen molar-refractivity contribution in [3.63, 3.8) is 0 Å². The molecule has 98 valence electrons. The maximum atomic E-state index is 11.6. The first-order valence-corrected chi connectivity index (χ1v) is 6.32. The molecule has 1 aromatic carbocycles. The molecule has 20 heavy (non-hydrogen) atoms. The fourth-order valence-electron chi connectivity index (χ4n) is 2.07. The normalized spacial score (nSPS) is 10.4. The van der Waals surface area contributed by atoms with Crippen LogP contribution in [0.4, 0.5) is 0 Å². The number of benzene rings is 1. The van der Waals surface area contributed by atoms with Gasteiger partial charge in [-0.2, -0.15) is 5.10 Å². The Morgan fingerprint density at radius 3 is 2.60 bits per heavy atom. The van der Waals surface area contributed by atoms with Crippen LogP contribution in [0.5, 0.6) is 0 Å². The van der Waals surface area contributed by atoms with Gasteiger partial charge >= 0.3 is 0 Å². The molecule has 0 atom stereocenters. The lowest BCUT2D eigenvalue weighted by atomic mass is 10.1. The Morgan fingerprint density at radius 1 is 1.05 bits per heavy atom. The van der Waals surface area contributed by atoms with E-state index in [2.05, 4.69) is 10.1 Å². The Labute approximate surface area is 116 Å². The second-order valence-corrected chi connectivity index (χ2v) is 4.47. The highest BCUT2D eigenvalue weighted by Gasteiger charge is 2.11. The van der Waals surface area contributed by atoms with E-state index in [9.17, 15) is 4.79 Å². The smallest absolute Gasteiger partial charge is 0.164 e. The first kappa shape index (κ1) is 12.3. The molecule has 0 spiro atoms. The summed E-state index contributed by atoms with van der Waals surface area (Å²) in [5.74, 6) is 0.534. The molecule has 0 N–H and O–H groups in total. The molecule has 0 saturated heterocycles. The van der Waals surface area contributed by atoms with E-state index in [1.54, 1.807) is 29.2 Å². The quantitative estimate of drug-likeness (QED) is 0.682. The van der Waals surface area contributed by atoms with E-state index in [0.717, 1.165) is 11.1 Å². The van der Waals surface area contributed by atoms with Gasteiger partial charge in [-0.3, -0.25) is 4.79 Å². The molecule has 2 aromatic heterocycles. The second-order valence-electron chi connectivity index (χ2n) is 4.47. The fraction of sp³-hybridized carbons (Fsp3) is 0.0625. The minimum atomic E-state index is -0.0233. The van der Waals surface area contributed by atoms with Gasteiger partial charge in [0, 0.05) is 18.0 Å². The molecule has 3 aromatic rings. The van der Waals surface area contributed by atoms with Crippen molar-refractivity contribution in [2.75, 3.05) is 0 Å². The van der Waals surface area contributed by atoms with Crippen molar-refractivity contribution in [3.8, 4) is 16.9 Å². The number of carbonyl (C=O) groups is 1. The number of rotatable bonds is 3. The summed E-state index contributed by atoms with van der Waals surface area (Å²) in [6.45, 7) is 1.53. The van der Waals surface area contributed by atoms with Crippen molar-refractivity contribution in [1.29, 1.82) is 0 Å². The molecule has 0 fully saturated rings. The lowest BCUT2D eigenvalue weighted by molar-refractivity contribution is 0.101. The number of carbonyl (C=O) groups excluding carboxylic acids is 1. The summed E-state index contributed by atoms with van der Waals surface area (Å²) in [4.78, 5) is 15.9. The first-order chi connectivity index (χ1) is 9.75. The van der Waals surface area contributed by atoms with Gasteiger partial charge in [0.1, 0.15) is 0 Å². The van der Waals surface area contributed by atoms with E-state index in [4.69, 9.17) is 0 Å². The number of nitrogens with zero attached hydrogens (tertiary/aromatic N) is 3. The van der Waals surface area contributed by atoms with Crippen molar-refractivity contribution in [2.45, 2.75) is 6.92 Å². The predicted molar refractivity (Wildman–Crippen MR) is 76.8 cm³/mol. The molecule has 0 saturated carbocycles. The maximum absolute atomic E-state index is 11.6. The molecular weight excluding hydrogens is 250 g/mol. The van der Waals surface area contributed by atoms with Gasteiger partial charge in [-0.1, -0.05) is 30.3 Å². The number of pyridine rings is 1. The second kappa shape index (κ2) is 5.09. The topological polar surface area (TPSA) is 47.8 Å². The van der Waals surface area contributed by atoms with Crippen LogP contribution in [0, 0.1) is 0 Å². The summed E-state index contributed by atoms with van der Waals surface area (Å²) in [5, 5.41) is 4.31. The van der Waals surface area contributed by atoms with Crippen molar-refractivity contribution in [3.05, 3.63) is 66.6 Å². The van der Waals surface area contributed by atoms with Crippen LogP contribution < -0.4 is 0 Å². The summed E-state index contributed by atoms with van der Waals surface area (Å²) in [5.41, 5.74) is 2.64. The molecule has 4 heteroatoms. The zero-order valence-corrected chi connectivity index (χ0v) is 11.0. The zero-order valence-electron chi connectivity index (χ0n) is 11.0. The number of hydrogen-bond donors (Lipinski definition) is 0. The van der Waals surface area contributed by atoms with Crippen LogP contribution in [0.25, 0.3) is 16.9 Å². The first-order valence-electron chi connectivity index (χ1n) is 6.32. The standard InChI is InChI=1S/C16H13N3O/c1-12(20)15-8-5-9-17-16(15)19-11-14(10-18-19)13-6-3-2-4-7-13/h2-11H,1H3. The third-order valence-corrected chi connectivity index (χ3v) is 3.07. The van der Waals surface area contributed by atoms with E-state index in [1.807, 2.05) is 36.5 Å². The van der Waals surface area contributed by atoms with Crippen molar-refractivity contribution >= 4 is 5.78 Å². The minimum Gasteiger partial charge on any atom is -0.294 e. The Bertz CT molecular complexity index is 747. The highest BCUT2D eigenvalue weighted by molar-refractivity contribution is 5.96. The van der Waals surface area contributed by atoms with Crippen LogP contribution in [0.15, 0.2) is 61.1 Å². The molecule has 0 aliphatic carbocycles. The van der Waals surface area contributed by atoms with Gasteiger partial charge in [0.25, 0.3) is 0 Å². The highest BCUT2D eigenvalue weighted by Crippen LogP contribution is 2.20. The number of hydrogen-bond acceptors (Lipinski definition) is 3. The van der Waals surface area contributed by atoms with E-state index in [1.165, 1.54) is 6.92 Å². The van der Waals surface area contributed by atoms with Gasteiger partial charge in [-0.15, -0.1) is 0 Å². The average molecular weight is 263 g/mol. The SMILES string of the molecule is CC(=O)c1cccnc1-n1cc(-c2ccccc2)cn1. The van der Waals surface area contributed by atoms with Crippen molar-refractivity contribution in [2.24, 2.45) is 0 Å². The van der Waals surface area contributed by atoms with Gasteiger partial charge in [-0.25, -0.2) is 9.67 Å². The fourth-order valence-corrected chi connectivity index (χ4v) is 2.07. The summed E-state index contributed by atoms with van der Waals surface area (Å²) in [6, 6.07) is 13.5. The molecule has 0 aliphatic heterocycles. The molecule has 3 rings (SSSR count). The van der Waals surface area contributed by atoms with Crippen LogP contribution in [-0.2, 0) is 0 Å². The highest BCUT2D eigenvalue weighted by atomic mass is 16.1. The maximum Gasteiger partial charge on any atom is 0.164 e. The third kappa shape index (κ3) is 2.23. The lowest BCUT2D eigenvalue weighted by Gasteiger charge is -2.04. The van der Waals surface area contributed by atoms with Crippen LogP contribution in [-0.4, -0.2) is 20.5 Å². The molecular formula is C16H13N3O.